The number of alkyl halides is 3. The van der Waals surface area contributed by atoms with Crippen molar-refractivity contribution in [2.45, 2.75) is 25.4 Å². The first kappa shape index (κ1) is 12.7. The summed E-state index contributed by atoms with van der Waals surface area (Å²) in [5.74, 6) is -0.484. The smallest absolute Gasteiger partial charge is 0.366 e. The number of allylic oxidation sites excluding steroid dienone is 1. The average molecular weight is 255 g/mol. The Morgan fingerprint density at radius 2 is 1.72 bits per heavy atom. The summed E-state index contributed by atoms with van der Waals surface area (Å²) in [5.41, 5.74) is 6.52. The van der Waals surface area contributed by atoms with Gasteiger partial charge in [0.1, 0.15) is 0 Å². The van der Waals surface area contributed by atoms with E-state index in [1.54, 1.807) is 0 Å². The van der Waals surface area contributed by atoms with Crippen molar-refractivity contribution in [3.8, 4) is 0 Å². The van der Waals surface area contributed by atoms with E-state index in [2.05, 4.69) is 0 Å². The number of nitrogens with two attached hydrogens (primary N) is 1. The SMILES string of the molecule is NC(=O)C1=C(c2ccc(C(F)(F)F)cc2)CCC1. The number of benzene rings is 1. The highest BCUT2D eigenvalue weighted by Gasteiger charge is 2.30. The second kappa shape index (κ2) is 4.48. The van der Waals surface area contributed by atoms with Crippen LogP contribution in [0.25, 0.3) is 5.57 Å². The summed E-state index contributed by atoms with van der Waals surface area (Å²) in [4.78, 5) is 11.2. The van der Waals surface area contributed by atoms with E-state index in [1.165, 1.54) is 12.1 Å². The first-order valence-electron chi connectivity index (χ1n) is 5.59. The van der Waals surface area contributed by atoms with Gasteiger partial charge >= 0.3 is 6.18 Å². The Labute approximate surface area is 102 Å². The van der Waals surface area contributed by atoms with Crippen LogP contribution in [-0.2, 0) is 11.0 Å². The van der Waals surface area contributed by atoms with Crippen LogP contribution in [0.2, 0.25) is 0 Å². The fourth-order valence-electron chi connectivity index (χ4n) is 2.19. The summed E-state index contributed by atoms with van der Waals surface area (Å²) >= 11 is 0. The van der Waals surface area contributed by atoms with E-state index in [9.17, 15) is 18.0 Å². The summed E-state index contributed by atoms with van der Waals surface area (Å²) < 4.78 is 37.2. The van der Waals surface area contributed by atoms with Gasteiger partial charge in [-0.1, -0.05) is 12.1 Å². The largest absolute Gasteiger partial charge is 0.416 e. The predicted octanol–water partition coefficient (Wildman–Crippen LogP) is 3.13. The zero-order valence-electron chi connectivity index (χ0n) is 9.55. The van der Waals surface area contributed by atoms with Crippen molar-refractivity contribution in [3.05, 3.63) is 41.0 Å². The minimum Gasteiger partial charge on any atom is -0.366 e. The molecule has 1 aromatic carbocycles. The van der Waals surface area contributed by atoms with Gasteiger partial charge < -0.3 is 5.73 Å². The van der Waals surface area contributed by atoms with Crippen LogP contribution in [0, 0.1) is 0 Å². The quantitative estimate of drug-likeness (QED) is 0.866. The molecule has 18 heavy (non-hydrogen) atoms. The van der Waals surface area contributed by atoms with E-state index in [0.717, 1.165) is 24.1 Å². The molecule has 96 valence electrons. The lowest BCUT2D eigenvalue weighted by atomic mass is 10.0. The second-order valence-electron chi connectivity index (χ2n) is 4.25. The van der Waals surface area contributed by atoms with Gasteiger partial charge in [0.05, 0.1) is 5.56 Å². The Hall–Kier alpha value is -1.78. The van der Waals surface area contributed by atoms with Gasteiger partial charge in [0.25, 0.3) is 0 Å². The molecule has 2 nitrogen and oxygen atoms in total. The molecule has 2 N–H and O–H groups in total. The number of primary amides is 1. The maximum atomic E-state index is 12.4. The van der Waals surface area contributed by atoms with Crippen molar-refractivity contribution < 1.29 is 18.0 Å². The summed E-state index contributed by atoms with van der Waals surface area (Å²) in [6, 6.07) is 4.84. The molecule has 0 spiro atoms. The molecule has 0 fully saturated rings. The molecule has 0 heterocycles. The van der Waals surface area contributed by atoms with Gasteiger partial charge in [-0.25, -0.2) is 0 Å². The van der Waals surface area contributed by atoms with Crippen molar-refractivity contribution in [2.24, 2.45) is 5.73 Å². The molecule has 1 aromatic rings. The van der Waals surface area contributed by atoms with Gasteiger partial charge in [-0.15, -0.1) is 0 Å². The van der Waals surface area contributed by atoms with Crippen LogP contribution in [0.5, 0.6) is 0 Å². The van der Waals surface area contributed by atoms with Crippen molar-refractivity contribution >= 4 is 11.5 Å². The fraction of sp³-hybridized carbons (Fsp3) is 0.308. The lowest BCUT2D eigenvalue weighted by molar-refractivity contribution is -0.137. The number of hydrogen-bond acceptors (Lipinski definition) is 1. The molecule has 0 saturated heterocycles. The van der Waals surface area contributed by atoms with Crippen molar-refractivity contribution in [1.29, 1.82) is 0 Å². The summed E-state index contributed by atoms with van der Waals surface area (Å²) in [7, 11) is 0. The molecule has 0 unspecified atom stereocenters. The molecule has 0 aromatic heterocycles. The topological polar surface area (TPSA) is 43.1 Å². The first-order valence-corrected chi connectivity index (χ1v) is 5.59. The zero-order valence-corrected chi connectivity index (χ0v) is 9.55. The van der Waals surface area contributed by atoms with Gasteiger partial charge in [-0.2, -0.15) is 13.2 Å². The van der Waals surface area contributed by atoms with Crippen LogP contribution in [0.15, 0.2) is 29.8 Å². The molecule has 1 aliphatic carbocycles. The molecule has 0 radical (unpaired) electrons. The second-order valence-corrected chi connectivity index (χ2v) is 4.25. The van der Waals surface area contributed by atoms with Crippen LogP contribution < -0.4 is 5.73 Å². The Bertz CT molecular complexity index is 500. The highest BCUT2D eigenvalue weighted by Crippen LogP contribution is 2.35. The number of carbonyl (C=O) groups excluding carboxylic acids is 1. The lowest BCUT2D eigenvalue weighted by Gasteiger charge is -2.09. The van der Waals surface area contributed by atoms with Gasteiger partial charge in [0, 0.05) is 5.57 Å². The molecule has 0 atom stereocenters. The number of hydrogen-bond donors (Lipinski definition) is 1. The third-order valence-corrected chi connectivity index (χ3v) is 3.08. The van der Waals surface area contributed by atoms with Crippen LogP contribution in [-0.4, -0.2) is 5.91 Å². The van der Waals surface area contributed by atoms with E-state index < -0.39 is 17.6 Å². The zero-order chi connectivity index (χ0) is 13.3. The van der Waals surface area contributed by atoms with Gasteiger partial charge in [-0.3, -0.25) is 4.79 Å². The molecule has 0 saturated carbocycles. The lowest BCUT2D eigenvalue weighted by Crippen LogP contribution is -2.13. The van der Waals surface area contributed by atoms with Crippen molar-refractivity contribution in [1.82, 2.24) is 0 Å². The minimum atomic E-state index is -4.34. The van der Waals surface area contributed by atoms with E-state index in [1.807, 2.05) is 0 Å². The van der Waals surface area contributed by atoms with E-state index in [-0.39, 0.29) is 0 Å². The minimum absolute atomic E-state index is 0.484. The Morgan fingerprint density at radius 3 is 2.22 bits per heavy atom. The van der Waals surface area contributed by atoms with Crippen molar-refractivity contribution in [2.75, 3.05) is 0 Å². The normalized spacial score (nSPS) is 16.2. The van der Waals surface area contributed by atoms with Gasteiger partial charge in [0.15, 0.2) is 0 Å². The Morgan fingerprint density at radius 1 is 1.11 bits per heavy atom. The standard InChI is InChI=1S/C13H12F3NO/c14-13(15,16)9-6-4-8(5-7-9)10-2-1-3-11(10)12(17)18/h4-7H,1-3H2,(H2,17,18). The number of amides is 1. The first-order chi connectivity index (χ1) is 8.39. The molecular formula is C13H12F3NO. The molecule has 2 rings (SSSR count). The number of carbonyl (C=O) groups is 1. The van der Waals surface area contributed by atoms with E-state index in [0.29, 0.717) is 24.0 Å². The molecule has 1 amide bonds. The average Bonchev–Trinajstić information content (AvgIpc) is 2.77. The van der Waals surface area contributed by atoms with Crippen LogP contribution in [0.1, 0.15) is 30.4 Å². The molecular weight excluding hydrogens is 243 g/mol. The summed E-state index contributed by atoms with van der Waals surface area (Å²) in [6.45, 7) is 0. The monoisotopic (exact) mass is 255 g/mol. The Kier molecular flexibility index (Phi) is 3.15. The highest BCUT2D eigenvalue weighted by atomic mass is 19.4. The highest BCUT2D eigenvalue weighted by molar-refractivity contribution is 6.01. The van der Waals surface area contributed by atoms with Gasteiger partial charge in [0.2, 0.25) is 5.91 Å². The van der Waals surface area contributed by atoms with Gasteiger partial charge in [-0.05, 0) is 42.5 Å². The van der Waals surface area contributed by atoms with Crippen LogP contribution in [0.4, 0.5) is 13.2 Å². The third-order valence-electron chi connectivity index (χ3n) is 3.08. The molecule has 1 aliphatic rings. The summed E-state index contributed by atoms with van der Waals surface area (Å²) in [6.07, 6.45) is -2.24. The van der Waals surface area contributed by atoms with Crippen molar-refractivity contribution in [3.63, 3.8) is 0 Å². The van der Waals surface area contributed by atoms with Crippen LogP contribution in [0.3, 0.4) is 0 Å². The Balaban J connectivity index is 2.36. The molecule has 0 aliphatic heterocycles. The summed E-state index contributed by atoms with van der Waals surface area (Å²) in [5, 5.41) is 0. The van der Waals surface area contributed by atoms with E-state index in [4.69, 9.17) is 5.73 Å². The number of halogens is 3. The van der Waals surface area contributed by atoms with Crippen LogP contribution >= 0.6 is 0 Å². The number of rotatable bonds is 2. The predicted molar refractivity (Wildman–Crippen MR) is 61.4 cm³/mol. The fourth-order valence-corrected chi connectivity index (χ4v) is 2.19. The third kappa shape index (κ3) is 2.39. The maximum Gasteiger partial charge on any atom is 0.416 e. The molecule has 0 bridgehead atoms. The molecule has 5 heteroatoms. The van der Waals surface area contributed by atoms with E-state index >= 15 is 0 Å². The maximum absolute atomic E-state index is 12.4.